The maximum atomic E-state index is 12.6. The maximum absolute atomic E-state index is 12.6. The van der Waals surface area contributed by atoms with Crippen molar-refractivity contribution in [3.63, 3.8) is 0 Å². The number of carbonyl (C=O) groups excluding carboxylic acids is 5. The van der Waals surface area contributed by atoms with Crippen LogP contribution in [0.4, 0.5) is 29.0 Å². The molecule has 4 amide bonds. The van der Waals surface area contributed by atoms with Crippen LogP contribution in [0.5, 0.6) is 11.5 Å². The molecule has 6 aromatic carbocycles. The van der Waals surface area contributed by atoms with Crippen LogP contribution in [0, 0.1) is 33.6 Å². The summed E-state index contributed by atoms with van der Waals surface area (Å²) >= 11 is 0. The molecule has 0 radical (unpaired) electrons. The highest BCUT2D eigenvalue weighted by atomic mass is 16.7. The molecule has 0 atom stereocenters. The highest BCUT2D eigenvalue weighted by molar-refractivity contribution is 5.95. The molecule has 5 aromatic heterocycles. The Kier molecular flexibility index (Phi) is 28.8. The van der Waals surface area contributed by atoms with E-state index in [4.69, 9.17) is 23.3 Å². The highest BCUT2D eigenvalue weighted by Gasteiger charge is 2.44. The van der Waals surface area contributed by atoms with Gasteiger partial charge in [-0.1, -0.05) is 81.1 Å². The first-order valence-electron chi connectivity index (χ1n) is 47.7. The molecule has 32 nitrogen and oxygen atoms in total. The minimum atomic E-state index is -0.761. The van der Waals surface area contributed by atoms with Crippen molar-refractivity contribution >= 4 is 102 Å². The summed E-state index contributed by atoms with van der Waals surface area (Å²) in [6.45, 7) is 18.6. The normalized spacial score (nSPS) is 22.9. The molecule has 4 aliphatic carbocycles. The molecule has 20 rings (SSSR count). The second kappa shape index (κ2) is 41.3. The number of rotatable bonds is 26. The predicted molar refractivity (Wildman–Crippen MR) is 514 cm³/mol. The van der Waals surface area contributed by atoms with Gasteiger partial charge in [0.25, 0.3) is 0 Å². The van der Waals surface area contributed by atoms with Gasteiger partial charge in [-0.25, -0.2) is 0 Å². The molecule has 11 aromatic rings. The van der Waals surface area contributed by atoms with Crippen molar-refractivity contribution in [2.45, 2.75) is 203 Å². The number of hydrogen-bond donors (Lipinski definition) is 10. The number of hydrogen-bond acceptors (Lipinski definition) is 26. The molecule has 706 valence electrons. The van der Waals surface area contributed by atoms with Gasteiger partial charge >= 0.3 is 5.97 Å². The van der Waals surface area contributed by atoms with Gasteiger partial charge < -0.3 is 80.9 Å². The molecule has 0 spiro atoms. The second-order valence-electron chi connectivity index (χ2n) is 38.4. The van der Waals surface area contributed by atoms with E-state index in [1.165, 1.54) is 42.4 Å². The Hall–Kier alpha value is -11.9. The Morgan fingerprint density at radius 2 is 0.857 bits per heavy atom. The standard InChI is InChI=1S/C28H38N6O2.C26H30N4O4.C25H32N6O2.C22H30N4O4/c1-19-8-9-25-24(14-19)27(31-33(25)4)29-16-26(35)30-21-17-34(18-21)22-10-12-28(36,13-11-22)20-6-5-7-23(15-20)32(2)3;1-16-2-8-22-21(10-16)26(29-34-22)27-12-25(31)28-19-13-30(14-19)20-6-3-17(4-7-20)18-5-9-23-24(11-18)33-15-32-23;1-17-5-6-22-21(12-17)24(29-30(22)2)27-14-23(32)28-19-15-31(16-19)20-7-9-25(33,10-8-20)18-4-3-11-26-13-18;1-3-29-22(28)15-5-7-17(8-6-15)26-12-16(13-26)24-20(27)11-23-21-18-10-14(2)4-9-19(18)30-25-21/h5-9,14-15,21-22,36H,10-13,16-18H2,1-4H3,(H,29,31)(H,30,35);2,5,8-11,17,19-20H,3-4,6-7,12-15H2,1H3,(H,27,29)(H,28,31);3-6,11-13,19-20,33H,7-10,14-16H2,1-2H3,(H,27,29)(H,28,32);4,9-10,15-17H,3,5-8,11-13H2,1-2H3,(H,23,25)(H,24,27). The Morgan fingerprint density at radius 1 is 0.451 bits per heavy atom. The van der Waals surface area contributed by atoms with Crippen LogP contribution in [0.1, 0.15) is 155 Å². The summed E-state index contributed by atoms with van der Waals surface area (Å²) < 4.78 is 30.4. The van der Waals surface area contributed by atoms with Gasteiger partial charge in [0, 0.05) is 139 Å². The number of esters is 1. The van der Waals surface area contributed by atoms with E-state index in [2.05, 4.69) is 167 Å². The van der Waals surface area contributed by atoms with Crippen molar-refractivity contribution in [1.29, 1.82) is 0 Å². The summed E-state index contributed by atoms with van der Waals surface area (Å²) in [5.41, 5.74) is 11.0. The third kappa shape index (κ3) is 22.3. The lowest BCUT2D eigenvalue weighted by atomic mass is 9.76. The molecule has 8 fully saturated rings. The van der Waals surface area contributed by atoms with Crippen molar-refractivity contribution in [2.24, 2.45) is 20.0 Å². The largest absolute Gasteiger partial charge is 0.466 e. The fraction of sp³-hybridized carbons (Fsp3) is 0.505. The third-order valence-corrected chi connectivity index (χ3v) is 28.6. The zero-order chi connectivity index (χ0) is 92.6. The number of aromatic nitrogens is 7. The Morgan fingerprint density at radius 3 is 1.29 bits per heavy atom. The van der Waals surface area contributed by atoms with Gasteiger partial charge in [-0.3, -0.25) is 57.9 Å². The molecule has 5 aliphatic heterocycles. The van der Waals surface area contributed by atoms with E-state index >= 15 is 0 Å². The van der Waals surface area contributed by atoms with E-state index < -0.39 is 11.2 Å². The summed E-state index contributed by atoms with van der Waals surface area (Å²) in [5.74, 6) is 4.93. The lowest BCUT2D eigenvalue weighted by Gasteiger charge is -2.48. The van der Waals surface area contributed by atoms with E-state index in [0.717, 1.165) is 219 Å². The Balaban J connectivity index is 0.000000124. The SMILES string of the molecule is CCOC(=O)C1CCC(N2CC(NC(=O)CNc3noc4ccc(C)cc34)C2)CC1.Cc1ccc2c(c1)c(NCC(=O)NC1CN(C3CCC(O)(c4cccc(N(C)C)c4)CC3)C1)nn2C.Cc1ccc2c(c1)c(NCC(=O)NC1CN(C3CCC(O)(c4cccnc4)CC3)C1)nn2C.Cc1ccc2onc(NCC(=O)NC3CN(C4CCC(c5ccc6c(c5)OCO6)CC4)C3)c2c1. The summed E-state index contributed by atoms with van der Waals surface area (Å²) in [7, 11) is 7.88. The number of nitrogens with zero attached hydrogens (tertiary/aromatic N) is 12. The number of aryl methyl sites for hydroxylation is 6. The number of likely N-dealkylation sites (tertiary alicyclic amines) is 4. The molecule has 10 heterocycles. The molecule has 0 unspecified atom stereocenters. The molecule has 9 aliphatic rings. The number of nitrogens with one attached hydrogen (secondary N) is 8. The van der Waals surface area contributed by atoms with E-state index in [1.807, 2.05) is 125 Å². The summed E-state index contributed by atoms with van der Waals surface area (Å²) in [6.07, 6.45) is 19.0. The van der Waals surface area contributed by atoms with Gasteiger partial charge in [0.15, 0.2) is 45.9 Å². The van der Waals surface area contributed by atoms with Gasteiger partial charge in [0.05, 0.1) is 95.9 Å². The van der Waals surface area contributed by atoms with E-state index in [0.29, 0.717) is 60.7 Å². The second-order valence-corrected chi connectivity index (χ2v) is 38.4. The van der Waals surface area contributed by atoms with E-state index in [1.54, 1.807) is 12.4 Å². The van der Waals surface area contributed by atoms with E-state index in [9.17, 15) is 34.2 Å². The first-order chi connectivity index (χ1) is 64.3. The van der Waals surface area contributed by atoms with Crippen LogP contribution in [0.3, 0.4) is 0 Å². The number of carbonyl (C=O) groups is 5. The average Bonchev–Trinajstić information content (AvgIpc) is 1.77. The predicted octanol–water partition coefficient (Wildman–Crippen LogP) is 11.6. The van der Waals surface area contributed by atoms with Crippen LogP contribution < -0.4 is 56.9 Å². The Bertz CT molecular complexity index is 5880. The maximum Gasteiger partial charge on any atom is 0.308 e. The number of aliphatic hydroxyl groups is 2. The number of amides is 4. The van der Waals surface area contributed by atoms with Crippen LogP contribution >= 0.6 is 0 Å². The van der Waals surface area contributed by atoms with Crippen molar-refractivity contribution in [1.82, 2.24) is 75.7 Å². The molecule has 4 saturated carbocycles. The minimum absolute atomic E-state index is 0.00935. The lowest BCUT2D eigenvalue weighted by Crippen LogP contribution is -2.63. The Labute approximate surface area is 776 Å². The van der Waals surface area contributed by atoms with Crippen LogP contribution in [-0.4, -0.2) is 249 Å². The third-order valence-electron chi connectivity index (χ3n) is 28.6. The average molecular weight is 1820 g/mol. The first kappa shape index (κ1) is 92.9. The molecule has 32 heteroatoms. The van der Waals surface area contributed by atoms with Crippen molar-refractivity contribution in [3.8, 4) is 11.5 Å². The highest BCUT2D eigenvalue weighted by Crippen LogP contribution is 2.45. The molecule has 4 saturated heterocycles. The number of ether oxygens (including phenoxy) is 3. The van der Waals surface area contributed by atoms with Crippen LogP contribution in [0.15, 0.2) is 149 Å². The first-order valence-corrected chi connectivity index (χ1v) is 47.7. The smallest absolute Gasteiger partial charge is 0.308 e. The van der Waals surface area contributed by atoms with Crippen LogP contribution in [-0.2, 0) is 54.0 Å². The fourth-order valence-corrected chi connectivity index (χ4v) is 20.8. The molecule has 10 N–H and O–H groups in total. The fourth-order valence-electron chi connectivity index (χ4n) is 20.8. The number of fused-ring (bicyclic) bond motifs is 5. The summed E-state index contributed by atoms with van der Waals surface area (Å²) in [4.78, 5) is 77.7. The number of benzene rings is 6. The number of pyridine rings is 1. The van der Waals surface area contributed by atoms with Crippen LogP contribution in [0.2, 0.25) is 0 Å². The summed E-state index contributed by atoms with van der Waals surface area (Å²) in [6, 6.07) is 45.4. The monoisotopic (exact) mass is 1820 g/mol. The van der Waals surface area contributed by atoms with Gasteiger partial charge in [0.2, 0.25) is 30.4 Å². The molecular weight excluding hydrogens is 1690 g/mol. The van der Waals surface area contributed by atoms with Gasteiger partial charge in [0.1, 0.15) is 0 Å². The molecule has 133 heavy (non-hydrogen) atoms. The minimum Gasteiger partial charge on any atom is -0.466 e. The van der Waals surface area contributed by atoms with Gasteiger partial charge in [-0.05, 0) is 233 Å². The zero-order valence-electron chi connectivity index (χ0n) is 78.1. The van der Waals surface area contributed by atoms with Crippen molar-refractivity contribution in [2.75, 3.05) is 132 Å². The quantitative estimate of drug-likeness (QED) is 0.0225. The van der Waals surface area contributed by atoms with Crippen molar-refractivity contribution < 1.29 is 57.4 Å². The summed E-state index contributed by atoms with van der Waals surface area (Å²) in [5, 5.41) is 68.4. The van der Waals surface area contributed by atoms with Gasteiger partial charge in [-0.2, -0.15) is 10.2 Å². The molecular formula is C101H130N20O12. The zero-order valence-corrected chi connectivity index (χ0v) is 78.1. The number of anilines is 5. The lowest BCUT2D eigenvalue weighted by molar-refractivity contribution is -0.149. The topological polar surface area (TPSA) is 367 Å². The van der Waals surface area contributed by atoms with E-state index in [-0.39, 0.29) is 85.9 Å². The van der Waals surface area contributed by atoms with Crippen LogP contribution in [0.25, 0.3) is 43.7 Å². The molecule has 0 bridgehead atoms. The van der Waals surface area contributed by atoms with Crippen molar-refractivity contribution in [3.05, 3.63) is 179 Å². The van der Waals surface area contributed by atoms with Gasteiger partial charge in [-0.15, -0.1) is 0 Å².